The fourth-order valence-electron chi connectivity index (χ4n) is 4.51. The van der Waals surface area contributed by atoms with Crippen LogP contribution in [-0.4, -0.2) is 64.1 Å². The van der Waals surface area contributed by atoms with Gasteiger partial charge in [-0.1, -0.05) is 103 Å². The maximum Gasteiger partial charge on any atom is 0.0492 e. The van der Waals surface area contributed by atoms with Gasteiger partial charge in [0.15, 0.2) is 0 Å². The van der Waals surface area contributed by atoms with Gasteiger partial charge in [-0.15, -0.1) is 0 Å². The SMILES string of the molecule is CCCCCCCCCCCCCCCCCCN1CNCCNCCCNCCNC1. The summed E-state index contributed by atoms with van der Waals surface area (Å²) < 4.78 is 0. The summed E-state index contributed by atoms with van der Waals surface area (Å²) in [6, 6.07) is 0. The van der Waals surface area contributed by atoms with Crippen LogP contribution in [0.2, 0.25) is 0 Å². The number of hydrogen-bond acceptors (Lipinski definition) is 5. The minimum atomic E-state index is 1.00. The molecular weight excluding hydrogens is 394 g/mol. The molecule has 0 aromatic rings. The normalized spacial score (nSPS) is 17.9. The zero-order valence-corrected chi connectivity index (χ0v) is 21.8. The first kappa shape index (κ1) is 29.8. The Hall–Kier alpha value is -0.200. The molecule has 0 radical (unpaired) electrons. The smallest absolute Gasteiger partial charge is 0.0492 e. The third-order valence-electron chi connectivity index (χ3n) is 6.66. The minimum absolute atomic E-state index is 1.00. The molecule has 1 aliphatic heterocycles. The maximum absolute atomic E-state index is 3.60. The van der Waals surface area contributed by atoms with Crippen LogP contribution in [0.15, 0.2) is 0 Å². The molecule has 32 heavy (non-hydrogen) atoms. The van der Waals surface area contributed by atoms with E-state index in [1.165, 1.54) is 116 Å². The Balaban J connectivity index is 1.88. The van der Waals surface area contributed by atoms with Crippen LogP contribution >= 0.6 is 0 Å². The summed E-state index contributed by atoms with van der Waals surface area (Å²) in [5.41, 5.74) is 0. The van der Waals surface area contributed by atoms with Crippen LogP contribution in [0.5, 0.6) is 0 Å². The molecule has 0 saturated carbocycles. The first-order chi connectivity index (χ1) is 15.9. The van der Waals surface area contributed by atoms with Crippen molar-refractivity contribution in [3.05, 3.63) is 0 Å². The lowest BCUT2D eigenvalue weighted by Crippen LogP contribution is -2.44. The summed E-state index contributed by atoms with van der Waals surface area (Å²) in [7, 11) is 0. The molecule has 1 saturated heterocycles. The van der Waals surface area contributed by atoms with Crippen LogP contribution in [0.1, 0.15) is 116 Å². The Morgan fingerprint density at radius 1 is 0.438 bits per heavy atom. The van der Waals surface area contributed by atoms with Gasteiger partial charge in [-0.3, -0.25) is 4.90 Å². The van der Waals surface area contributed by atoms with Crippen molar-refractivity contribution in [2.45, 2.75) is 116 Å². The van der Waals surface area contributed by atoms with E-state index in [1.807, 2.05) is 0 Å². The molecule has 1 heterocycles. The highest BCUT2D eigenvalue weighted by Crippen LogP contribution is 2.13. The molecule has 0 aromatic carbocycles. The standard InChI is InChI=1S/C27H59N5/c1-2-3-4-5-6-7-8-9-10-11-12-13-14-15-16-17-25-32-26-30-23-21-28-19-18-20-29-22-24-31-27-32/h28-31H,2-27H2,1H3. The quantitative estimate of drug-likeness (QED) is 0.227. The molecule has 0 spiro atoms. The van der Waals surface area contributed by atoms with Gasteiger partial charge in [0.2, 0.25) is 0 Å². The molecule has 0 amide bonds. The predicted octanol–water partition coefficient (Wildman–Crippen LogP) is 5.23. The van der Waals surface area contributed by atoms with Gasteiger partial charge < -0.3 is 21.3 Å². The van der Waals surface area contributed by atoms with Crippen molar-refractivity contribution in [2.24, 2.45) is 0 Å². The van der Waals surface area contributed by atoms with Crippen molar-refractivity contribution >= 4 is 0 Å². The van der Waals surface area contributed by atoms with Crippen molar-refractivity contribution in [1.29, 1.82) is 0 Å². The lowest BCUT2D eigenvalue weighted by atomic mass is 10.0. The van der Waals surface area contributed by atoms with Gasteiger partial charge in [0.1, 0.15) is 0 Å². The summed E-state index contributed by atoms with van der Waals surface area (Å²) in [4.78, 5) is 2.54. The number of nitrogens with zero attached hydrogens (tertiary/aromatic N) is 1. The van der Waals surface area contributed by atoms with Gasteiger partial charge in [-0.2, -0.15) is 0 Å². The average Bonchev–Trinajstić information content (AvgIpc) is 2.81. The lowest BCUT2D eigenvalue weighted by molar-refractivity contribution is 0.229. The van der Waals surface area contributed by atoms with E-state index < -0.39 is 0 Å². The largest absolute Gasteiger partial charge is 0.315 e. The molecule has 0 atom stereocenters. The molecule has 1 rings (SSSR count). The van der Waals surface area contributed by atoms with E-state index >= 15 is 0 Å². The molecule has 0 aliphatic carbocycles. The highest BCUT2D eigenvalue weighted by atomic mass is 15.3. The highest BCUT2D eigenvalue weighted by Gasteiger charge is 2.04. The van der Waals surface area contributed by atoms with Gasteiger partial charge in [0.25, 0.3) is 0 Å². The van der Waals surface area contributed by atoms with E-state index in [-0.39, 0.29) is 0 Å². The van der Waals surface area contributed by atoms with Crippen molar-refractivity contribution in [1.82, 2.24) is 26.2 Å². The van der Waals surface area contributed by atoms with Crippen LogP contribution in [0, 0.1) is 0 Å². The molecule has 1 aliphatic rings. The molecule has 0 bridgehead atoms. The Morgan fingerprint density at radius 2 is 0.812 bits per heavy atom. The van der Waals surface area contributed by atoms with Gasteiger partial charge in [-0.25, -0.2) is 0 Å². The zero-order valence-electron chi connectivity index (χ0n) is 21.8. The predicted molar refractivity (Wildman–Crippen MR) is 142 cm³/mol. The number of nitrogens with one attached hydrogen (secondary N) is 4. The average molecular weight is 454 g/mol. The number of hydrogen-bond donors (Lipinski definition) is 4. The van der Waals surface area contributed by atoms with Crippen molar-refractivity contribution < 1.29 is 0 Å². The number of unbranched alkanes of at least 4 members (excludes halogenated alkanes) is 15. The van der Waals surface area contributed by atoms with E-state index in [4.69, 9.17) is 0 Å². The van der Waals surface area contributed by atoms with E-state index in [1.54, 1.807) is 0 Å². The van der Waals surface area contributed by atoms with Gasteiger partial charge in [-0.05, 0) is 25.9 Å². The van der Waals surface area contributed by atoms with Gasteiger partial charge in [0, 0.05) is 46.1 Å². The Bertz CT molecular complexity index is 339. The highest BCUT2D eigenvalue weighted by molar-refractivity contribution is 4.61. The molecule has 5 nitrogen and oxygen atoms in total. The Kier molecular flexibility index (Phi) is 23.7. The van der Waals surface area contributed by atoms with E-state index in [2.05, 4.69) is 33.1 Å². The second-order valence-electron chi connectivity index (χ2n) is 9.87. The number of rotatable bonds is 17. The molecule has 192 valence electrons. The maximum atomic E-state index is 3.60. The monoisotopic (exact) mass is 453 g/mol. The second kappa shape index (κ2) is 25.4. The summed E-state index contributed by atoms with van der Waals surface area (Å²) >= 11 is 0. The van der Waals surface area contributed by atoms with E-state index in [9.17, 15) is 0 Å². The van der Waals surface area contributed by atoms with Crippen molar-refractivity contribution in [2.75, 3.05) is 59.2 Å². The molecule has 4 N–H and O–H groups in total. The first-order valence-electron chi connectivity index (χ1n) is 14.5. The Morgan fingerprint density at radius 3 is 1.25 bits per heavy atom. The topological polar surface area (TPSA) is 51.4 Å². The van der Waals surface area contributed by atoms with Gasteiger partial charge in [0.05, 0.1) is 0 Å². The van der Waals surface area contributed by atoms with Crippen molar-refractivity contribution in [3.8, 4) is 0 Å². The van der Waals surface area contributed by atoms with Crippen molar-refractivity contribution in [3.63, 3.8) is 0 Å². The fourth-order valence-corrected chi connectivity index (χ4v) is 4.51. The summed E-state index contributed by atoms with van der Waals surface area (Å²) in [5, 5.41) is 14.2. The second-order valence-corrected chi connectivity index (χ2v) is 9.87. The molecule has 0 unspecified atom stereocenters. The Labute approximate surface area is 201 Å². The van der Waals surface area contributed by atoms with Crippen LogP contribution in [-0.2, 0) is 0 Å². The summed E-state index contributed by atoms with van der Waals surface area (Å²) in [5.74, 6) is 0. The third kappa shape index (κ3) is 21.6. The van der Waals surface area contributed by atoms with Crippen LogP contribution < -0.4 is 21.3 Å². The minimum Gasteiger partial charge on any atom is -0.315 e. The lowest BCUT2D eigenvalue weighted by Gasteiger charge is -2.24. The molecular formula is C27H59N5. The van der Waals surface area contributed by atoms with E-state index in [0.29, 0.717) is 0 Å². The third-order valence-corrected chi connectivity index (χ3v) is 6.66. The fraction of sp³-hybridized carbons (Fsp3) is 1.00. The summed E-state index contributed by atoms with van der Waals surface area (Å²) in [6.45, 7) is 12.0. The molecule has 5 heteroatoms. The first-order valence-corrected chi connectivity index (χ1v) is 14.5. The van der Waals surface area contributed by atoms with Crippen LogP contribution in [0.3, 0.4) is 0 Å². The van der Waals surface area contributed by atoms with Crippen LogP contribution in [0.4, 0.5) is 0 Å². The zero-order chi connectivity index (χ0) is 22.8. The molecule has 1 fully saturated rings. The van der Waals surface area contributed by atoms with Gasteiger partial charge >= 0.3 is 0 Å². The van der Waals surface area contributed by atoms with E-state index in [0.717, 1.165) is 52.6 Å². The summed E-state index contributed by atoms with van der Waals surface area (Å²) in [6.07, 6.45) is 24.2. The molecule has 0 aromatic heterocycles. The van der Waals surface area contributed by atoms with Crippen LogP contribution in [0.25, 0.3) is 0 Å².